The molecule has 7 heteroatoms. The van der Waals surface area contributed by atoms with Crippen molar-refractivity contribution in [2.24, 2.45) is 5.73 Å². The van der Waals surface area contributed by atoms with Crippen LogP contribution in [0.25, 0.3) is 0 Å². The maximum absolute atomic E-state index is 9.04. The Morgan fingerprint density at radius 2 is 1.36 bits per heavy atom. The predicted molar refractivity (Wildman–Crippen MR) is 51.8 cm³/mol. The second kappa shape index (κ2) is 10.3. The molecule has 0 fully saturated rings. The van der Waals surface area contributed by atoms with Gasteiger partial charge in [0.2, 0.25) is 0 Å². The van der Waals surface area contributed by atoms with Gasteiger partial charge in [0, 0.05) is 6.54 Å². The third kappa shape index (κ3) is 6.28. The molecule has 0 heterocycles. The van der Waals surface area contributed by atoms with Gasteiger partial charge in [-0.25, -0.2) is 0 Å². The molecular formula is C7H18NNaO5. The van der Waals surface area contributed by atoms with Gasteiger partial charge in [-0.1, -0.05) is 0 Å². The molecule has 0 amide bonds. The van der Waals surface area contributed by atoms with Gasteiger partial charge in [-0.3, -0.25) is 0 Å². The summed E-state index contributed by atoms with van der Waals surface area (Å²) in [5, 5.41) is 44.2. The van der Waals surface area contributed by atoms with Crippen molar-refractivity contribution in [1.29, 1.82) is 0 Å². The summed E-state index contributed by atoms with van der Waals surface area (Å²) in [5.74, 6) is 0. The Balaban J connectivity index is 0. The van der Waals surface area contributed by atoms with E-state index >= 15 is 0 Å². The van der Waals surface area contributed by atoms with E-state index in [1.165, 1.54) is 27.9 Å². The van der Waals surface area contributed by atoms with Crippen molar-refractivity contribution in [3.05, 3.63) is 0 Å². The molecule has 0 rings (SSSR count). The van der Waals surface area contributed by atoms with Crippen LogP contribution in [0.3, 0.4) is 0 Å². The molecule has 82 valence electrons. The molecule has 0 bridgehead atoms. The molecule has 7 N–H and O–H groups in total. The van der Waals surface area contributed by atoms with E-state index in [0.717, 1.165) is 0 Å². The summed E-state index contributed by atoms with van der Waals surface area (Å²) in [5.41, 5.74) is 4.99. The standard InChI is InChI=1S/C6H15NO5.CH3.Na/c7-1-3(9)5(11)6(12)4(10)2-8;;/h3-6,8-12H,1-2,7H2;1H3;/t3-,4+,5+,6+;;/m0../s1. The van der Waals surface area contributed by atoms with Gasteiger partial charge in [0.05, 0.1) is 12.7 Å². The zero-order valence-electron chi connectivity index (χ0n) is 8.54. The Labute approximate surface area is 101 Å². The third-order valence-corrected chi connectivity index (χ3v) is 1.57. The molecule has 0 aliphatic carbocycles. The number of hydrogen-bond donors (Lipinski definition) is 6. The van der Waals surface area contributed by atoms with Crippen LogP contribution in [0.4, 0.5) is 0 Å². The molecule has 14 heavy (non-hydrogen) atoms. The van der Waals surface area contributed by atoms with Crippen molar-refractivity contribution >= 4 is 27.9 Å². The Kier molecular flexibility index (Phi) is 12.6. The first-order chi connectivity index (χ1) is 6.54. The van der Waals surface area contributed by atoms with Crippen LogP contribution in [0.1, 0.15) is 0 Å². The zero-order chi connectivity index (χ0) is 11.7. The molecule has 0 aromatic rings. The number of rotatable bonds is 5. The fraction of sp³-hybridized carbons (Fsp3) is 1.00. The number of nitrogens with two attached hydrogens (primary N) is 1. The van der Waals surface area contributed by atoms with Crippen molar-refractivity contribution in [1.82, 2.24) is 0 Å². The molecule has 6 nitrogen and oxygen atoms in total. The first kappa shape index (κ1) is 17.2. The first-order valence-corrected chi connectivity index (χ1v) is 6.57. The SMILES string of the molecule is NC[C@H](O)[C@@H](O)[C@H](O)[C@H](O)CO.[CH3][Na]. The van der Waals surface area contributed by atoms with Gasteiger partial charge in [-0.15, -0.1) is 0 Å². The third-order valence-electron chi connectivity index (χ3n) is 1.57. The molecule has 0 radical (unpaired) electrons. The van der Waals surface area contributed by atoms with Crippen LogP contribution >= 0.6 is 0 Å². The molecule has 4 atom stereocenters. The molecule has 0 aromatic heterocycles. The number of aliphatic hydroxyl groups excluding tert-OH is 5. The van der Waals surface area contributed by atoms with Crippen molar-refractivity contribution in [3.8, 4) is 0 Å². The van der Waals surface area contributed by atoms with Gasteiger partial charge in [0.25, 0.3) is 0 Å². The van der Waals surface area contributed by atoms with E-state index in [1.807, 2.05) is 0 Å². The van der Waals surface area contributed by atoms with Gasteiger partial charge < -0.3 is 31.3 Å². The van der Waals surface area contributed by atoms with Crippen molar-refractivity contribution in [2.75, 3.05) is 13.2 Å². The summed E-state index contributed by atoms with van der Waals surface area (Å²) < 4.78 is 2.14. The van der Waals surface area contributed by atoms with E-state index in [2.05, 4.69) is 4.17 Å². The van der Waals surface area contributed by atoms with E-state index in [1.54, 1.807) is 0 Å². The van der Waals surface area contributed by atoms with E-state index in [4.69, 9.17) is 31.3 Å². The van der Waals surface area contributed by atoms with Crippen LogP contribution in [0.15, 0.2) is 0 Å². The van der Waals surface area contributed by atoms with Crippen LogP contribution in [0.5, 0.6) is 0 Å². The Morgan fingerprint density at radius 1 is 1.00 bits per heavy atom. The van der Waals surface area contributed by atoms with Gasteiger partial charge in [-0.05, 0) is 0 Å². The van der Waals surface area contributed by atoms with Gasteiger partial charge in [0.1, 0.15) is 18.3 Å². The van der Waals surface area contributed by atoms with Crippen LogP contribution < -0.4 is 5.73 Å². The van der Waals surface area contributed by atoms with E-state index < -0.39 is 31.0 Å². The number of hydrogen-bond acceptors (Lipinski definition) is 6. The van der Waals surface area contributed by atoms with Crippen LogP contribution in [-0.2, 0) is 0 Å². The van der Waals surface area contributed by atoms with E-state index in [9.17, 15) is 0 Å². The summed E-state index contributed by atoms with van der Waals surface area (Å²) >= 11 is 1.31. The molecule has 0 aromatic carbocycles. The summed E-state index contributed by atoms with van der Waals surface area (Å²) in [4.78, 5) is 0. The average molecular weight is 219 g/mol. The van der Waals surface area contributed by atoms with Crippen molar-refractivity contribution < 1.29 is 25.5 Å². The predicted octanol–water partition coefficient (Wildman–Crippen LogP) is -3.42. The van der Waals surface area contributed by atoms with E-state index in [0.29, 0.717) is 0 Å². The van der Waals surface area contributed by atoms with Crippen molar-refractivity contribution in [3.63, 3.8) is 0 Å². The van der Waals surface area contributed by atoms with Gasteiger partial charge in [0.15, 0.2) is 0 Å². The van der Waals surface area contributed by atoms with E-state index in [-0.39, 0.29) is 6.54 Å². The molecule has 0 aliphatic rings. The molecule has 0 unspecified atom stereocenters. The number of aliphatic hydroxyl groups is 5. The summed E-state index contributed by atoms with van der Waals surface area (Å²) in [6.07, 6.45) is -5.91. The quantitative estimate of drug-likeness (QED) is 0.267. The Morgan fingerprint density at radius 3 is 1.64 bits per heavy atom. The second-order valence-corrected chi connectivity index (χ2v) is 2.53. The average Bonchev–Trinajstić information content (AvgIpc) is 2.27. The van der Waals surface area contributed by atoms with Crippen LogP contribution in [-0.4, -0.2) is 91.0 Å². The molecule has 0 aliphatic heterocycles. The minimum absolute atomic E-state index is 0.226. The molecule has 0 saturated heterocycles. The summed E-state index contributed by atoms with van der Waals surface area (Å²) in [7, 11) is 0. The normalized spacial score (nSPS) is 18.9. The Bertz CT molecular complexity index is 115. The van der Waals surface area contributed by atoms with Crippen LogP contribution in [0, 0.1) is 0 Å². The molecule has 0 saturated carbocycles. The fourth-order valence-electron chi connectivity index (χ4n) is 0.703. The topological polar surface area (TPSA) is 127 Å². The first-order valence-electron chi connectivity index (χ1n) is 4.57. The summed E-state index contributed by atoms with van der Waals surface area (Å²) in [6.45, 7) is -0.911. The maximum atomic E-state index is 9.04. The van der Waals surface area contributed by atoms with Crippen molar-refractivity contribution in [2.45, 2.75) is 28.6 Å². The minimum atomic E-state index is -1.59. The monoisotopic (exact) mass is 219 g/mol. The van der Waals surface area contributed by atoms with Gasteiger partial charge in [-0.2, -0.15) is 0 Å². The summed E-state index contributed by atoms with van der Waals surface area (Å²) in [6, 6.07) is 0. The molecule has 0 spiro atoms. The zero-order valence-corrected chi connectivity index (χ0v) is 10.5. The molecular weight excluding hydrogens is 201 g/mol. The second-order valence-electron chi connectivity index (χ2n) is 2.53. The Hall–Kier alpha value is 0.760. The van der Waals surface area contributed by atoms with Crippen LogP contribution in [0.2, 0.25) is 4.17 Å². The van der Waals surface area contributed by atoms with Gasteiger partial charge >= 0.3 is 32.1 Å². The fourth-order valence-corrected chi connectivity index (χ4v) is 0.703.